The number of rotatable bonds is 5. The summed E-state index contributed by atoms with van der Waals surface area (Å²) in [7, 11) is 1.26. The number of Topliss-reactive ketones (excluding diaryl/α,β-unsaturated/α-hetero) is 1. The molecule has 3 heterocycles. The number of fused-ring (bicyclic) bond motifs is 1. The average molecular weight is 848 g/mol. The topological polar surface area (TPSA) is 134 Å². The van der Waals surface area contributed by atoms with Gasteiger partial charge in [-0.1, -0.05) is 91.4 Å². The van der Waals surface area contributed by atoms with Crippen molar-refractivity contribution in [1.29, 1.82) is 0 Å². The van der Waals surface area contributed by atoms with Crippen LogP contribution < -0.4 is 5.73 Å². The molecule has 0 bridgehead atoms. The van der Waals surface area contributed by atoms with E-state index in [9.17, 15) is 9.59 Å². The number of carbonyl (C=O) groups is 2. The second-order valence-electron chi connectivity index (χ2n) is 9.99. The quantitative estimate of drug-likeness (QED) is 0.0608. The van der Waals surface area contributed by atoms with Crippen molar-refractivity contribution in [3.05, 3.63) is 123 Å². The van der Waals surface area contributed by atoms with Gasteiger partial charge in [-0.2, -0.15) is 9.59 Å². The van der Waals surface area contributed by atoms with E-state index in [1.807, 2.05) is 42.6 Å². The second kappa shape index (κ2) is 25.8. The Morgan fingerprint density at radius 2 is 1.37 bits per heavy atom. The van der Waals surface area contributed by atoms with Crippen LogP contribution in [0.1, 0.15) is 75.3 Å². The first-order valence-corrected chi connectivity index (χ1v) is 16.5. The van der Waals surface area contributed by atoms with E-state index in [0.717, 1.165) is 14.9 Å². The molecule has 0 amide bonds. The average Bonchev–Trinajstić information content (AvgIpc) is 3.33. The Balaban J connectivity index is 0. The molecule has 5 aromatic rings. The lowest BCUT2D eigenvalue weighted by Crippen LogP contribution is -2.08. The molecule has 3 aromatic heterocycles. The third-order valence-electron chi connectivity index (χ3n) is 6.64. The Morgan fingerprint density at radius 1 is 0.878 bits per heavy atom. The monoisotopic (exact) mass is 846 g/mol. The summed E-state index contributed by atoms with van der Waals surface area (Å²) in [5.74, 6) is -0.644. The maximum atomic E-state index is 10.2. The highest BCUT2D eigenvalue weighted by Gasteiger charge is 2.17. The zero-order chi connectivity index (χ0) is 35.4. The molecule has 0 spiro atoms. The number of alkyl halides is 1. The van der Waals surface area contributed by atoms with Gasteiger partial charge >= 0.3 is 12.1 Å². The van der Waals surface area contributed by atoms with Gasteiger partial charge in [0.25, 0.3) is 0 Å². The van der Waals surface area contributed by atoms with Crippen LogP contribution in [0, 0.1) is 17.5 Å². The number of benzene rings is 2. The molecule has 2 aromatic carbocycles. The van der Waals surface area contributed by atoms with Crippen molar-refractivity contribution in [2.75, 3.05) is 12.8 Å². The van der Waals surface area contributed by atoms with Crippen LogP contribution in [0.4, 0.5) is 5.69 Å². The van der Waals surface area contributed by atoms with Crippen molar-refractivity contribution in [2.24, 2.45) is 0 Å². The number of anilines is 1. The van der Waals surface area contributed by atoms with Crippen LogP contribution in [-0.2, 0) is 23.9 Å². The fourth-order valence-electron chi connectivity index (χ4n) is 4.18. The van der Waals surface area contributed by atoms with Gasteiger partial charge in [0, 0.05) is 22.9 Å². The number of pyridine rings is 2. The summed E-state index contributed by atoms with van der Waals surface area (Å²) < 4.78 is 7.45. The summed E-state index contributed by atoms with van der Waals surface area (Å²) in [6.45, 7) is 10.0. The first kappa shape index (κ1) is 46.9. The molecule has 0 fully saturated rings. The van der Waals surface area contributed by atoms with Crippen LogP contribution in [0.3, 0.4) is 0 Å². The summed E-state index contributed by atoms with van der Waals surface area (Å²) >= 11 is 5.57. The lowest BCUT2D eigenvalue weighted by molar-refractivity contribution is -0.191. The standard InChI is InChI=1S/C17H18N2.C8H9Br.C5H5IN2.C5H8O3.CO2.2CH4/c1-12-13(2)19(16-10-7-11-18-17(12)16)14(3)15-8-5-4-6-9-15;1-7(9)8-5-3-2-4-6-8;6-5-4(7)2-1-3-8-5;1-4(6)3-5(7)8-2;2-1-3;;/h4-11,14H,1-3H3;2-7H,1H3;1-3H,7H2;3H2,1-2H3;;2*1H4. The smallest absolute Gasteiger partial charge is 0.373 e. The molecule has 11 heteroatoms. The van der Waals surface area contributed by atoms with E-state index in [1.165, 1.54) is 41.9 Å². The number of aromatic nitrogens is 3. The largest absolute Gasteiger partial charge is 0.469 e. The summed E-state index contributed by atoms with van der Waals surface area (Å²) in [6, 6.07) is 29.1. The predicted molar refractivity (Wildman–Crippen MR) is 210 cm³/mol. The lowest BCUT2D eigenvalue weighted by Gasteiger charge is -2.18. The minimum atomic E-state index is -0.475. The van der Waals surface area contributed by atoms with Crippen LogP contribution in [-0.4, -0.2) is 39.5 Å². The molecule has 49 heavy (non-hydrogen) atoms. The first-order chi connectivity index (χ1) is 22.4. The zero-order valence-electron chi connectivity index (χ0n) is 27.3. The number of methoxy groups -OCH3 is 1. The van der Waals surface area contributed by atoms with Crippen LogP contribution in [0.2, 0.25) is 0 Å². The molecule has 0 saturated heterocycles. The van der Waals surface area contributed by atoms with Crippen LogP contribution in [0.25, 0.3) is 11.0 Å². The molecule has 2 N–H and O–H groups in total. The van der Waals surface area contributed by atoms with Gasteiger partial charge in [0.05, 0.1) is 29.9 Å². The third-order valence-corrected chi connectivity index (χ3v) is 8.07. The summed E-state index contributed by atoms with van der Waals surface area (Å²) in [6.07, 6.45) is 3.72. The van der Waals surface area contributed by atoms with Crippen LogP contribution in [0.5, 0.6) is 0 Å². The number of ketones is 1. The van der Waals surface area contributed by atoms with Gasteiger partial charge in [0.1, 0.15) is 15.9 Å². The SMILES string of the molecule is C.C.CC(Br)c1ccccc1.COC(=O)CC(C)=O.Cc1c(C)n(C(C)c2ccccc2)c2cccnc12.Nc1cccnc1I.O=C=O. The lowest BCUT2D eigenvalue weighted by atomic mass is 10.1. The Labute approximate surface area is 313 Å². The summed E-state index contributed by atoms with van der Waals surface area (Å²) in [4.78, 5) is 45.5. The highest BCUT2D eigenvalue weighted by Crippen LogP contribution is 2.29. The minimum absolute atomic E-state index is 0. The molecule has 264 valence electrons. The molecule has 5 rings (SSSR count). The number of esters is 1. The number of nitrogens with two attached hydrogens (primary N) is 1. The van der Waals surface area contributed by atoms with E-state index in [0.29, 0.717) is 10.9 Å². The van der Waals surface area contributed by atoms with Gasteiger partial charge < -0.3 is 15.0 Å². The van der Waals surface area contributed by atoms with E-state index < -0.39 is 5.97 Å². The maximum absolute atomic E-state index is 10.2. The molecule has 0 aliphatic carbocycles. The fraction of sp³-hybridized carbons (Fsp3) is 0.289. The Morgan fingerprint density at radius 3 is 1.76 bits per heavy atom. The van der Waals surface area contributed by atoms with Crippen molar-refractivity contribution < 1.29 is 23.9 Å². The number of hydrogen-bond donors (Lipinski definition) is 1. The number of hydrogen-bond acceptors (Lipinski definition) is 8. The van der Waals surface area contributed by atoms with Gasteiger partial charge in [-0.3, -0.25) is 14.6 Å². The number of carbonyl (C=O) groups excluding carboxylic acids is 4. The van der Waals surface area contributed by atoms with Crippen molar-refractivity contribution >= 4 is 73.1 Å². The number of nitrogen functional groups attached to an aromatic ring is 1. The van der Waals surface area contributed by atoms with Crippen LogP contribution in [0.15, 0.2) is 97.3 Å². The highest BCUT2D eigenvalue weighted by atomic mass is 127. The molecule has 2 atom stereocenters. The van der Waals surface area contributed by atoms with Gasteiger partial charge in [0.15, 0.2) is 0 Å². The molecule has 0 aliphatic heterocycles. The second-order valence-corrected chi connectivity index (χ2v) is 12.4. The minimum Gasteiger partial charge on any atom is -0.469 e. The van der Waals surface area contributed by atoms with Crippen molar-refractivity contribution in [2.45, 2.75) is 66.8 Å². The molecule has 0 aliphatic rings. The van der Waals surface area contributed by atoms with Crippen molar-refractivity contribution in [3.63, 3.8) is 0 Å². The van der Waals surface area contributed by atoms with Gasteiger partial charge in [-0.05, 0) is 98.2 Å². The van der Waals surface area contributed by atoms with Gasteiger partial charge in [-0.15, -0.1) is 0 Å². The summed E-state index contributed by atoms with van der Waals surface area (Å²) in [5, 5.41) is 0. The van der Waals surface area contributed by atoms with E-state index >= 15 is 0 Å². The number of halogens is 2. The number of aryl methyl sites for hydroxylation is 1. The molecular weight excluding hydrogens is 799 g/mol. The molecule has 0 saturated carbocycles. The highest BCUT2D eigenvalue weighted by molar-refractivity contribution is 14.1. The van der Waals surface area contributed by atoms with Crippen LogP contribution >= 0.6 is 38.5 Å². The predicted octanol–water partition coefficient (Wildman–Crippen LogP) is 9.50. The van der Waals surface area contributed by atoms with E-state index in [-0.39, 0.29) is 33.2 Å². The van der Waals surface area contributed by atoms with Crippen molar-refractivity contribution in [1.82, 2.24) is 14.5 Å². The Kier molecular flexibility index (Phi) is 24.7. The number of nitrogens with zero attached hydrogens (tertiary/aromatic N) is 3. The Bertz CT molecular complexity index is 1690. The normalized spacial score (nSPS) is 10.4. The summed E-state index contributed by atoms with van der Waals surface area (Å²) in [5.41, 5.74) is 13.8. The maximum Gasteiger partial charge on any atom is 0.373 e. The molecule has 0 radical (unpaired) electrons. The van der Waals surface area contributed by atoms with Gasteiger partial charge in [0.2, 0.25) is 0 Å². The first-order valence-electron chi connectivity index (χ1n) is 14.5. The molecule has 2 unspecified atom stereocenters. The van der Waals surface area contributed by atoms with E-state index in [4.69, 9.17) is 15.3 Å². The third kappa shape index (κ3) is 16.7. The molecular formula is C38H48BrIN4O5. The Hall–Kier alpha value is -4.19. The van der Waals surface area contributed by atoms with Gasteiger partial charge in [-0.25, -0.2) is 4.98 Å². The van der Waals surface area contributed by atoms with E-state index in [2.05, 4.69) is 134 Å². The van der Waals surface area contributed by atoms with Crippen molar-refractivity contribution in [3.8, 4) is 0 Å². The van der Waals surface area contributed by atoms with E-state index in [1.54, 1.807) is 6.20 Å². The zero-order valence-corrected chi connectivity index (χ0v) is 31.1. The number of ether oxygens (including phenoxy) is 1. The molecule has 9 nitrogen and oxygen atoms in total. The fourth-order valence-corrected chi connectivity index (χ4v) is 4.83.